The number of aromatic nitrogens is 2. The second-order valence-corrected chi connectivity index (χ2v) is 5.76. The molecule has 20 heavy (non-hydrogen) atoms. The van der Waals surface area contributed by atoms with Crippen molar-refractivity contribution in [3.8, 4) is 0 Å². The smallest absolute Gasteiger partial charge is 0.245 e. The molecule has 2 amide bonds. The minimum Gasteiger partial charge on any atom is -0.340 e. The molecule has 1 aromatic rings. The van der Waals surface area contributed by atoms with E-state index in [1.165, 1.54) is 0 Å². The third-order valence-electron chi connectivity index (χ3n) is 4.10. The Labute approximate surface area is 118 Å². The van der Waals surface area contributed by atoms with Crippen LogP contribution < -0.4 is 0 Å². The molecule has 1 atom stereocenters. The number of hydrogen-bond donors (Lipinski definition) is 1. The molecule has 0 spiro atoms. The van der Waals surface area contributed by atoms with Crippen molar-refractivity contribution in [2.24, 2.45) is 5.92 Å². The molecule has 1 N–H and O–H groups in total. The Morgan fingerprint density at radius 3 is 2.90 bits per heavy atom. The standard InChI is InChI=1S/C14H20N4O2/c1-17(9-10-7-15-16-8-10)14(20)12-3-2-6-18(12)13(19)11-4-5-11/h7-8,11-12H,2-6,9H2,1H3,(H,15,16). The molecule has 0 bridgehead atoms. The van der Waals surface area contributed by atoms with Gasteiger partial charge in [-0.1, -0.05) is 0 Å². The SMILES string of the molecule is CN(Cc1cn[nH]c1)C(=O)C1CCCN1C(=O)C1CC1. The predicted octanol–water partition coefficient (Wildman–Crippen LogP) is 0.769. The summed E-state index contributed by atoms with van der Waals surface area (Å²) in [7, 11) is 1.79. The summed E-state index contributed by atoms with van der Waals surface area (Å²) in [6, 6.07) is -0.264. The zero-order valence-electron chi connectivity index (χ0n) is 11.7. The molecule has 1 aromatic heterocycles. The first kappa shape index (κ1) is 13.1. The molecule has 0 aromatic carbocycles. The van der Waals surface area contributed by atoms with Crippen LogP contribution in [0.1, 0.15) is 31.2 Å². The van der Waals surface area contributed by atoms with Crippen molar-refractivity contribution in [2.75, 3.05) is 13.6 Å². The van der Waals surface area contributed by atoms with Crippen LogP contribution >= 0.6 is 0 Å². The number of carbonyl (C=O) groups is 2. The van der Waals surface area contributed by atoms with Gasteiger partial charge in [-0.3, -0.25) is 14.7 Å². The van der Waals surface area contributed by atoms with Gasteiger partial charge in [0, 0.05) is 37.8 Å². The summed E-state index contributed by atoms with van der Waals surface area (Å²) in [6.07, 6.45) is 7.18. The number of carbonyl (C=O) groups excluding carboxylic acids is 2. The Bertz CT molecular complexity index is 495. The van der Waals surface area contributed by atoms with Crippen LogP contribution in [0.15, 0.2) is 12.4 Å². The van der Waals surface area contributed by atoms with Crippen molar-refractivity contribution in [1.29, 1.82) is 0 Å². The average Bonchev–Trinajstić information content (AvgIpc) is 2.97. The Hall–Kier alpha value is -1.85. The van der Waals surface area contributed by atoms with Crippen molar-refractivity contribution in [3.63, 3.8) is 0 Å². The lowest BCUT2D eigenvalue weighted by molar-refractivity contribution is -0.144. The van der Waals surface area contributed by atoms with Crippen molar-refractivity contribution in [2.45, 2.75) is 38.3 Å². The fourth-order valence-electron chi connectivity index (χ4n) is 2.82. The maximum absolute atomic E-state index is 12.5. The van der Waals surface area contributed by atoms with Crippen LogP contribution in [0, 0.1) is 5.92 Å². The molecule has 6 heteroatoms. The van der Waals surface area contributed by atoms with Crippen molar-refractivity contribution < 1.29 is 9.59 Å². The molecular weight excluding hydrogens is 256 g/mol. The molecule has 2 heterocycles. The van der Waals surface area contributed by atoms with Crippen LogP contribution in [0.25, 0.3) is 0 Å². The van der Waals surface area contributed by atoms with Crippen LogP contribution in [0.4, 0.5) is 0 Å². The van der Waals surface area contributed by atoms with Crippen LogP contribution in [0.5, 0.6) is 0 Å². The summed E-state index contributed by atoms with van der Waals surface area (Å²) in [6.45, 7) is 1.25. The third kappa shape index (κ3) is 2.55. The van der Waals surface area contributed by atoms with Gasteiger partial charge in [-0.25, -0.2) is 0 Å². The zero-order chi connectivity index (χ0) is 14.1. The van der Waals surface area contributed by atoms with Gasteiger partial charge in [-0.2, -0.15) is 5.10 Å². The summed E-state index contributed by atoms with van der Waals surface area (Å²) in [5.41, 5.74) is 0.971. The Morgan fingerprint density at radius 2 is 2.25 bits per heavy atom. The van der Waals surface area contributed by atoms with E-state index in [4.69, 9.17) is 0 Å². The first-order valence-electron chi connectivity index (χ1n) is 7.20. The maximum Gasteiger partial charge on any atom is 0.245 e. The average molecular weight is 276 g/mol. The van der Waals surface area contributed by atoms with Gasteiger partial charge in [0.1, 0.15) is 6.04 Å². The van der Waals surface area contributed by atoms with E-state index in [9.17, 15) is 9.59 Å². The highest BCUT2D eigenvalue weighted by Gasteiger charge is 2.41. The molecule has 1 aliphatic heterocycles. The molecule has 6 nitrogen and oxygen atoms in total. The van der Waals surface area contributed by atoms with Gasteiger partial charge in [-0.05, 0) is 25.7 Å². The summed E-state index contributed by atoms with van der Waals surface area (Å²) in [5, 5.41) is 6.62. The van der Waals surface area contributed by atoms with E-state index in [1.807, 2.05) is 0 Å². The number of hydrogen-bond acceptors (Lipinski definition) is 3. The quantitative estimate of drug-likeness (QED) is 0.883. The minimum atomic E-state index is -0.264. The van der Waals surface area contributed by atoms with Crippen molar-refractivity contribution in [3.05, 3.63) is 18.0 Å². The number of aromatic amines is 1. The van der Waals surface area contributed by atoms with E-state index < -0.39 is 0 Å². The van der Waals surface area contributed by atoms with E-state index in [1.54, 1.807) is 29.2 Å². The van der Waals surface area contributed by atoms with E-state index in [0.717, 1.165) is 37.8 Å². The van der Waals surface area contributed by atoms with Gasteiger partial charge in [0.15, 0.2) is 0 Å². The fraction of sp³-hybridized carbons (Fsp3) is 0.643. The lowest BCUT2D eigenvalue weighted by atomic mass is 10.1. The van der Waals surface area contributed by atoms with Gasteiger partial charge >= 0.3 is 0 Å². The normalized spacial score (nSPS) is 22.1. The molecule has 108 valence electrons. The molecule has 1 unspecified atom stereocenters. The third-order valence-corrected chi connectivity index (χ3v) is 4.10. The molecule has 1 saturated heterocycles. The first-order valence-corrected chi connectivity index (χ1v) is 7.20. The van der Waals surface area contributed by atoms with E-state index in [-0.39, 0.29) is 23.8 Å². The summed E-state index contributed by atoms with van der Waals surface area (Å²) in [5.74, 6) is 0.401. The van der Waals surface area contributed by atoms with E-state index in [2.05, 4.69) is 10.2 Å². The number of rotatable bonds is 4. The van der Waals surface area contributed by atoms with Crippen LogP contribution in [0.2, 0.25) is 0 Å². The van der Waals surface area contributed by atoms with Gasteiger partial charge in [0.05, 0.1) is 6.20 Å². The first-order chi connectivity index (χ1) is 9.66. The molecule has 0 radical (unpaired) electrons. The van der Waals surface area contributed by atoms with Crippen LogP contribution in [-0.4, -0.2) is 51.4 Å². The highest BCUT2D eigenvalue weighted by Crippen LogP contribution is 2.34. The number of amides is 2. The molecule has 1 saturated carbocycles. The predicted molar refractivity (Wildman–Crippen MR) is 72.5 cm³/mol. The van der Waals surface area contributed by atoms with Crippen LogP contribution in [0.3, 0.4) is 0 Å². The van der Waals surface area contributed by atoms with Crippen molar-refractivity contribution in [1.82, 2.24) is 20.0 Å². The Balaban J connectivity index is 1.64. The lowest BCUT2D eigenvalue weighted by Gasteiger charge is -2.28. The second-order valence-electron chi connectivity index (χ2n) is 5.76. The zero-order valence-corrected chi connectivity index (χ0v) is 11.7. The van der Waals surface area contributed by atoms with E-state index >= 15 is 0 Å². The monoisotopic (exact) mass is 276 g/mol. The van der Waals surface area contributed by atoms with Gasteiger partial charge in [0.25, 0.3) is 0 Å². The second kappa shape index (κ2) is 5.26. The molecule has 2 aliphatic rings. The number of nitrogens with one attached hydrogen (secondary N) is 1. The molecule has 2 fully saturated rings. The highest BCUT2D eigenvalue weighted by atomic mass is 16.2. The van der Waals surface area contributed by atoms with Gasteiger partial charge in [-0.15, -0.1) is 0 Å². The summed E-state index contributed by atoms with van der Waals surface area (Å²) < 4.78 is 0. The van der Waals surface area contributed by atoms with Crippen molar-refractivity contribution >= 4 is 11.8 Å². The Kier molecular flexibility index (Phi) is 3.46. The number of likely N-dealkylation sites (tertiary alicyclic amines) is 1. The van der Waals surface area contributed by atoms with Gasteiger partial charge < -0.3 is 9.80 Å². The molecule has 1 aliphatic carbocycles. The lowest BCUT2D eigenvalue weighted by Crippen LogP contribution is -2.46. The summed E-state index contributed by atoms with van der Waals surface area (Å²) >= 11 is 0. The fourth-order valence-corrected chi connectivity index (χ4v) is 2.82. The molecular formula is C14H20N4O2. The highest BCUT2D eigenvalue weighted by molar-refractivity contribution is 5.89. The topological polar surface area (TPSA) is 69.3 Å². The summed E-state index contributed by atoms with van der Waals surface area (Å²) in [4.78, 5) is 28.2. The number of H-pyrrole nitrogens is 1. The largest absolute Gasteiger partial charge is 0.340 e. The minimum absolute atomic E-state index is 0.0395. The van der Waals surface area contributed by atoms with Gasteiger partial charge in [0.2, 0.25) is 11.8 Å². The number of nitrogens with zero attached hydrogens (tertiary/aromatic N) is 3. The molecule has 3 rings (SSSR count). The maximum atomic E-state index is 12.5. The number of likely N-dealkylation sites (N-methyl/N-ethyl adjacent to an activating group) is 1. The van der Waals surface area contributed by atoms with E-state index in [0.29, 0.717) is 6.54 Å². The Morgan fingerprint density at radius 1 is 1.45 bits per heavy atom. The van der Waals surface area contributed by atoms with Crippen LogP contribution in [-0.2, 0) is 16.1 Å².